The van der Waals surface area contributed by atoms with Gasteiger partial charge in [0.1, 0.15) is 5.54 Å². The van der Waals surface area contributed by atoms with Gasteiger partial charge in [0.05, 0.1) is 18.4 Å². The van der Waals surface area contributed by atoms with Gasteiger partial charge in [-0.25, -0.2) is 0 Å². The molecule has 0 radical (unpaired) electrons. The lowest BCUT2D eigenvalue weighted by molar-refractivity contribution is -0.141. The summed E-state index contributed by atoms with van der Waals surface area (Å²) in [6.07, 6.45) is 6.28. The lowest BCUT2D eigenvalue weighted by Crippen LogP contribution is -2.56. The van der Waals surface area contributed by atoms with Crippen LogP contribution >= 0.6 is 0 Å². The van der Waals surface area contributed by atoms with Crippen molar-refractivity contribution in [2.75, 3.05) is 13.7 Å². The van der Waals surface area contributed by atoms with Crippen LogP contribution in [-0.4, -0.2) is 35.9 Å². The Morgan fingerprint density at radius 1 is 1.33 bits per heavy atom. The second-order valence-electron chi connectivity index (χ2n) is 5.08. The molecule has 1 heterocycles. The third-order valence-corrected chi connectivity index (χ3v) is 4.04. The van der Waals surface area contributed by atoms with Gasteiger partial charge in [-0.3, -0.25) is 9.59 Å². The van der Waals surface area contributed by atoms with Gasteiger partial charge in [-0.2, -0.15) is 0 Å². The van der Waals surface area contributed by atoms with Gasteiger partial charge >= 0.3 is 0 Å². The minimum Gasteiger partial charge on any atom is -0.501 e. The molecule has 0 unspecified atom stereocenters. The summed E-state index contributed by atoms with van der Waals surface area (Å²) in [7, 11) is 1.67. The summed E-state index contributed by atoms with van der Waals surface area (Å²) in [4.78, 5) is 25.6. The highest BCUT2D eigenvalue weighted by atomic mass is 16.5. The zero-order valence-electron chi connectivity index (χ0n) is 10.8. The quantitative estimate of drug-likeness (QED) is 0.812. The lowest BCUT2D eigenvalue weighted by Gasteiger charge is -2.36. The summed E-state index contributed by atoms with van der Waals surface area (Å²) in [6, 6.07) is 0. The second kappa shape index (κ2) is 5.00. The Morgan fingerprint density at radius 2 is 2.00 bits per heavy atom. The predicted molar refractivity (Wildman–Crippen MR) is 66.4 cm³/mol. The normalized spacial score (nSPS) is 21.9. The Hall–Kier alpha value is -1.52. The van der Waals surface area contributed by atoms with E-state index in [1.54, 1.807) is 7.05 Å². The first-order valence-corrected chi connectivity index (χ1v) is 6.47. The molecule has 5 nitrogen and oxygen atoms in total. The van der Waals surface area contributed by atoms with Crippen molar-refractivity contribution in [3.05, 3.63) is 11.8 Å². The number of hydrogen-bond acceptors (Lipinski definition) is 3. The minimum absolute atomic E-state index is 0.129. The van der Waals surface area contributed by atoms with Crippen LogP contribution < -0.4 is 5.73 Å². The maximum absolute atomic E-state index is 12.4. The van der Waals surface area contributed by atoms with Crippen LogP contribution in [-0.2, 0) is 14.3 Å². The molecule has 2 rings (SSSR count). The number of hydrogen-bond donors (Lipinski definition) is 1. The summed E-state index contributed by atoms with van der Waals surface area (Å²) < 4.78 is 5.18. The number of ether oxygens (including phenoxy) is 1. The first-order chi connectivity index (χ1) is 8.58. The number of likely N-dealkylation sites (N-methyl/N-ethyl adjacent to an activating group) is 1. The number of amides is 2. The van der Waals surface area contributed by atoms with E-state index < -0.39 is 11.4 Å². The molecule has 2 N–H and O–H groups in total. The topological polar surface area (TPSA) is 72.6 Å². The molecule has 2 amide bonds. The van der Waals surface area contributed by atoms with E-state index in [1.807, 2.05) is 0 Å². The molecule has 1 fully saturated rings. The molecule has 100 valence electrons. The van der Waals surface area contributed by atoms with Crippen molar-refractivity contribution in [1.29, 1.82) is 0 Å². The number of rotatable bonds is 3. The highest BCUT2D eigenvalue weighted by molar-refractivity contribution is 5.98. The smallest absolute Gasteiger partial charge is 0.253 e. The molecule has 0 saturated heterocycles. The van der Waals surface area contributed by atoms with Gasteiger partial charge in [-0.15, -0.1) is 0 Å². The number of carbonyl (C=O) groups excluding carboxylic acids is 2. The minimum atomic E-state index is -0.796. The van der Waals surface area contributed by atoms with E-state index in [9.17, 15) is 9.59 Å². The van der Waals surface area contributed by atoms with Crippen LogP contribution in [0.4, 0.5) is 0 Å². The molecule has 5 heteroatoms. The molecule has 0 aromatic carbocycles. The fourth-order valence-corrected chi connectivity index (χ4v) is 2.84. The first-order valence-electron chi connectivity index (χ1n) is 6.47. The van der Waals surface area contributed by atoms with Crippen molar-refractivity contribution in [2.45, 2.75) is 44.1 Å². The number of primary amides is 1. The maximum atomic E-state index is 12.4. The van der Waals surface area contributed by atoms with Gasteiger partial charge in [0.25, 0.3) is 5.91 Å². The van der Waals surface area contributed by atoms with E-state index >= 15 is 0 Å². The van der Waals surface area contributed by atoms with Gasteiger partial charge in [0.2, 0.25) is 5.91 Å². The Kier molecular flexibility index (Phi) is 3.59. The monoisotopic (exact) mass is 252 g/mol. The number of nitrogens with two attached hydrogens (primary N) is 1. The Bertz CT molecular complexity index is 384. The average molecular weight is 252 g/mol. The van der Waals surface area contributed by atoms with Crippen LogP contribution in [0.3, 0.4) is 0 Å². The third-order valence-electron chi connectivity index (χ3n) is 4.04. The molecular weight excluding hydrogens is 232 g/mol. The van der Waals surface area contributed by atoms with Crippen LogP contribution in [0.2, 0.25) is 0 Å². The molecule has 1 aliphatic carbocycles. The number of nitrogens with zero attached hydrogens (tertiary/aromatic N) is 1. The van der Waals surface area contributed by atoms with E-state index in [-0.39, 0.29) is 5.91 Å². The zero-order valence-corrected chi connectivity index (χ0v) is 10.8. The van der Waals surface area contributed by atoms with E-state index in [1.165, 1.54) is 11.2 Å². The molecule has 0 aromatic rings. The Morgan fingerprint density at radius 3 is 2.50 bits per heavy atom. The summed E-state index contributed by atoms with van der Waals surface area (Å²) in [6.45, 7) is 0.654. The first kappa shape index (κ1) is 12.9. The summed E-state index contributed by atoms with van der Waals surface area (Å²) in [5, 5.41) is 0. The Labute approximate surface area is 107 Å². The van der Waals surface area contributed by atoms with Crippen LogP contribution in [0.1, 0.15) is 38.5 Å². The molecule has 2 aliphatic rings. The van der Waals surface area contributed by atoms with Crippen molar-refractivity contribution in [3.63, 3.8) is 0 Å². The highest BCUT2D eigenvalue weighted by Crippen LogP contribution is 2.35. The van der Waals surface area contributed by atoms with Crippen LogP contribution in [0, 0.1) is 0 Å². The molecular formula is C13H20N2O3. The van der Waals surface area contributed by atoms with Gasteiger partial charge < -0.3 is 15.4 Å². The third kappa shape index (κ3) is 2.09. The fraction of sp³-hybridized carbons (Fsp3) is 0.692. The molecule has 1 saturated carbocycles. The molecule has 0 spiro atoms. The van der Waals surface area contributed by atoms with Gasteiger partial charge in [-0.05, 0) is 25.7 Å². The van der Waals surface area contributed by atoms with Gasteiger partial charge in [0, 0.05) is 7.05 Å². The predicted octanol–water partition coefficient (Wildman–Crippen LogP) is 0.937. The van der Waals surface area contributed by atoms with Crippen LogP contribution in [0.15, 0.2) is 11.8 Å². The van der Waals surface area contributed by atoms with Gasteiger partial charge in [-0.1, -0.05) is 12.8 Å². The zero-order chi connectivity index (χ0) is 13.2. The number of carbonyl (C=O) groups is 2. The van der Waals surface area contributed by atoms with Gasteiger partial charge in [0.15, 0.2) is 0 Å². The van der Waals surface area contributed by atoms with Crippen molar-refractivity contribution in [2.24, 2.45) is 5.73 Å². The van der Waals surface area contributed by atoms with Crippen molar-refractivity contribution in [1.82, 2.24) is 4.90 Å². The fourth-order valence-electron chi connectivity index (χ4n) is 2.84. The van der Waals surface area contributed by atoms with E-state index in [4.69, 9.17) is 10.5 Å². The SMILES string of the molecule is CN(C(=O)C1=COCCC1)C1(C(N)=O)CCCC1. The highest BCUT2D eigenvalue weighted by Gasteiger charge is 2.45. The Balaban J connectivity index is 2.18. The van der Waals surface area contributed by atoms with E-state index in [2.05, 4.69) is 0 Å². The maximum Gasteiger partial charge on any atom is 0.253 e. The molecule has 18 heavy (non-hydrogen) atoms. The molecule has 0 aromatic heterocycles. The second-order valence-corrected chi connectivity index (χ2v) is 5.08. The lowest BCUT2D eigenvalue weighted by atomic mass is 9.93. The largest absolute Gasteiger partial charge is 0.501 e. The molecule has 1 aliphatic heterocycles. The van der Waals surface area contributed by atoms with E-state index in [0.717, 1.165) is 19.3 Å². The van der Waals surface area contributed by atoms with Crippen molar-refractivity contribution < 1.29 is 14.3 Å². The molecule has 0 bridgehead atoms. The summed E-state index contributed by atoms with van der Waals surface area (Å²) >= 11 is 0. The van der Waals surface area contributed by atoms with E-state index in [0.29, 0.717) is 31.4 Å². The van der Waals surface area contributed by atoms with Crippen molar-refractivity contribution in [3.8, 4) is 0 Å². The van der Waals surface area contributed by atoms with Crippen molar-refractivity contribution >= 4 is 11.8 Å². The standard InChI is InChI=1S/C13H20N2O3/c1-15(11(16)10-5-4-8-18-9-10)13(12(14)17)6-2-3-7-13/h9H,2-8H2,1H3,(H2,14,17). The molecule has 0 atom stereocenters. The summed E-state index contributed by atoms with van der Waals surface area (Å²) in [5.74, 6) is -0.524. The van der Waals surface area contributed by atoms with Crippen LogP contribution in [0.25, 0.3) is 0 Å². The summed E-state index contributed by atoms with van der Waals surface area (Å²) in [5.41, 5.74) is 5.36. The van der Waals surface area contributed by atoms with Crippen LogP contribution in [0.5, 0.6) is 0 Å². The average Bonchev–Trinajstić information content (AvgIpc) is 2.88.